The summed E-state index contributed by atoms with van der Waals surface area (Å²) in [6.45, 7) is 4.50. The predicted octanol–water partition coefficient (Wildman–Crippen LogP) is 3.77. The van der Waals surface area contributed by atoms with Crippen molar-refractivity contribution in [3.05, 3.63) is 59.7 Å². The average molecular weight is 275 g/mol. The molecule has 0 N–H and O–H groups in total. The predicted molar refractivity (Wildman–Crippen MR) is 88.9 cm³/mol. The van der Waals surface area contributed by atoms with Crippen LogP contribution < -0.4 is 10.6 Å². The summed E-state index contributed by atoms with van der Waals surface area (Å²) in [7, 11) is 1.35. The highest BCUT2D eigenvalue weighted by Gasteiger charge is 2.09. The molecule has 0 spiro atoms. The lowest BCUT2D eigenvalue weighted by Crippen LogP contribution is -2.04. The summed E-state index contributed by atoms with van der Waals surface area (Å²) < 4.78 is 0. The lowest BCUT2D eigenvalue weighted by atomic mass is 10.2. The fourth-order valence-corrected chi connectivity index (χ4v) is 6.39. The Bertz CT molecular complexity index is 458. The molecule has 2 atom stereocenters. The van der Waals surface area contributed by atoms with E-state index in [0.29, 0.717) is 8.27 Å². The zero-order valence-electron chi connectivity index (χ0n) is 11.1. The minimum atomic E-state index is 0.381. The van der Waals surface area contributed by atoms with Crippen LogP contribution in [0.15, 0.2) is 48.5 Å². The van der Waals surface area contributed by atoms with Gasteiger partial charge in [-0.2, -0.15) is 0 Å². The second kappa shape index (κ2) is 7.03. The van der Waals surface area contributed by atoms with E-state index >= 15 is 0 Å². The number of aryl methyl sites for hydroxylation is 2. The van der Waals surface area contributed by atoms with Crippen molar-refractivity contribution in [1.29, 1.82) is 0 Å². The monoisotopic (exact) mass is 275 g/mol. The van der Waals surface area contributed by atoms with Crippen LogP contribution in [0.2, 0.25) is 0 Å². The van der Waals surface area contributed by atoms with Crippen LogP contribution in [0.4, 0.5) is 0 Å². The molecule has 0 aliphatic heterocycles. The first kappa shape index (κ1) is 13.7. The molecule has 18 heavy (non-hydrogen) atoms. The van der Waals surface area contributed by atoms with Crippen molar-refractivity contribution < 1.29 is 0 Å². The molecule has 0 aliphatic rings. The van der Waals surface area contributed by atoms with Gasteiger partial charge in [0.15, 0.2) is 0 Å². The molecular weight excluding hydrogens is 254 g/mol. The summed E-state index contributed by atoms with van der Waals surface area (Å²) in [5.74, 6) is 0. The molecule has 0 amide bonds. The van der Waals surface area contributed by atoms with Crippen molar-refractivity contribution in [2.24, 2.45) is 0 Å². The van der Waals surface area contributed by atoms with Gasteiger partial charge in [-0.25, -0.2) is 0 Å². The Morgan fingerprint density at radius 1 is 0.833 bits per heavy atom. The fraction of sp³-hybridized carbons (Fsp3) is 0.250. The van der Waals surface area contributed by atoms with E-state index in [2.05, 4.69) is 62.4 Å². The molecule has 2 unspecified atom stereocenters. The molecule has 0 radical (unpaired) electrons. The highest BCUT2D eigenvalue weighted by Crippen LogP contribution is 2.36. The molecule has 2 aromatic rings. The van der Waals surface area contributed by atoms with Gasteiger partial charge in [-0.05, 0) is 30.0 Å². The standard InChI is InChI=1S/C16H20P2/c1-3-13-9-5-7-11-15(13)17-18-16-12-8-6-10-14(16)4-2/h5-12,17-18H,3-4H2,1-2H3/p+1. The molecular formula is C16H21P2+. The summed E-state index contributed by atoms with van der Waals surface area (Å²) in [6, 6.07) is 17.8. The van der Waals surface area contributed by atoms with Crippen molar-refractivity contribution in [3.63, 3.8) is 0 Å². The van der Waals surface area contributed by atoms with Gasteiger partial charge in [-0.3, -0.25) is 0 Å². The van der Waals surface area contributed by atoms with Gasteiger partial charge in [-0.1, -0.05) is 56.3 Å². The Balaban J connectivity index is 2.11. The van der Waals surface area contributed by atoms with E-state index in [4.69, 9.17) is 0 Å². The number of hydrogen-bond donors (Lipinski definition) is 0. The first-order chi connectivity index (χ1) is 8.85. The van der Waals surface area contributed by atoms with Gasteiger partial charge in [-0.15, -0.1) is 0 Å². The van der Waals surface area contributed by atoms with Crippen LogP contribution in [0.5, 0.6) is 0 Å². The molecule has 0 aromatic heterocycles. The summed E-state index contributed by atoms with van der Waals surface area (Å²) in [5, 5.41) is 3.17. The molecule has 0 heterocycles. The van der Waals surface area contributed by atoms with E-state index in [0.717, 1.165) is 21.1 Å². The quantitative estimate of drug-likeness (QED) is 0.729. The summed E-state index contributed by atoms with van der Waals surface area (Å²) >= 11 is 0. The second-order valence-electron chi connectivity index (χ2n) is 4.35. The molecule has 94 valence electrons. The van der Waals surface area contributed by atoms with E-state index in [1.807, 2.05) is 0 Å². The molecule has 2 aromatic carbocycles. The summed E-state index contributed by atoms with van der Waals surface area (Å²) in [4.78, 5) is 0. The van der Waals surface area contributed by atoms with Gasteiger partial charge in [0.1, 0.15) is 0 Å². The molecule has 0 bridgehead atoms. The topological polar surface area (TPSA) is 0 Å². The Kier molecular flexibility index (Phi) is 5.36. The second-order valence-corrected chi connectivity index (χ2v) is 7.82. The minimum Gasteiger partial charge on any atom is -0.0619 e. The minimum absolute atomic E-state index is 0.381. The lowest BCUT2D eigenvalue weighted by molar-refractivity contribution is 1.15. The van der Waals surface area contributed by atoms with Gasteiger partial charge in [0, 0.05) is 13.6 Å². The highest BCUT2D eigenvalue weighted by atomic mass is 32.0. The normalized spacial score (nSPS) is 11.9. The van der Waals surface area contributed by atoms with E-state index < -0.39 is 0 Å². The van der Waals surface area contributed by atoms with Crippen molar-refractivity contribution in [2.75, 3.05) is 0 Å². The molecule has 0 fully saturated rings. The average Bonchev–Trinajstić information content (AvgIpc) is 2.45. The van der Waals surface area contributed by atoms with Crippen molar-refractivity contribution >= 4 is 27.1 Å². The summed E-state index contributed by atoms with van der Waals surface area (Å²) in [5.41, 5.74) is 3.06. The van der Waals surface area contributed by atoms with Crippen LogP contribution in [0.1, 0.15) is 25.0 Å². The van der Waals surface area contributed by atoms with Gasteiger partial charge < -0.3 is 0 Å². The number of hydrogen-bond acceptors (Lipinski definition) is 0. The third-order valence-electron chi connectivity index (χ3n) is 3.22. The summed E-state index contributed by atoms with van der Waals surface area (Å²) in [6.07, 6.45) is 2.31. The maximum Gasteiger partial charge on any atom is 0.0946 e. The lowest BCUT2D eigenvalue weighted by Gasteiger charge is -2.05. The van der Waals surface area contributed by atoms with E-state index in [1.165, 1.54) is 11.1 Å². The van der Waals surface area contributed by atoms with Crippen LogP contribution in [0.25, 0.3) is 0 Å². The zero-order chi connectivity index (χ0) is 12.8. The van der Waals surface area contributed by atoms with E-state index in [9.17, 15) is 0 Å². The van der Waals surface area contributed by atoms with Crippen LogP contribution in [-0.4, -0.2) is 0 Å². The van der Waals surface area contributed by atoms with Crippen molar-refractivity contribution in [3.8, 4) is 0 Å². The van der Waals surface area contributed by atoms with Gasteiger partial charge in [0.2, 0.25) is 0 Å². The van der Waals surface area contributed by atoms with Gasteiger partial charge in [0.25, 0.3) is 0 Å². The molecule has 0 saturated carbocycles. The van der Waals surface area contributed by atoms with Gasteiger partial charge >= 0.3 is 0 Å². The largest absolute Gasteiger partial charge is 0.0946 e. The Morgan fingerprint density at radius 3 is 2.17 bits per heavy atom. The Morgan fingerprint density at radius 2 is 1.44 bits per heavy atom. The maximum atomic E-state index is 2.32. The van der Waals surface area contributed by atoms with Crippen LogP contribution in [0, 0.1) is 0 Å². The van der Waals surface area contributed by atoms with Gasteiger partial charge in [0.05, 0.1) is 13.6 Å². The number of benzene rings is 2. The first-order valence-electron chi connectivity index (χ1n) is 6.60. The molecule has 0 nitrogen and oxygen atoms in total. The van der Waals surface area contributed by atoms with Crippen LogP contribution in [0.3, 0.4) is 0 Å². The van der Waals surface area contributed by atoms with Crippen LogP contribution >= 0.6 is 16.5 Å². The fourth-order valence-electron chi connectivity index (χ4n) is 2.12. The highest BCUT2D eigenvalue weighted by molar-refractivity contribution is 8.18. The molecule has 0 aliphatic carbocycles. The van der Waals surface area contributed by atoms with E-state index in [1.54, 1.807) is 10.6 Å². The van der Waals surface area contributed by atoms with E-state index in [-0.39, 0.29) is 0 Å². The zero-order valence-corrected chi connectivity index (χ0v) is 13.3. The molecule has 2 rings (SSSR count). The number of rotatable bonds is 5. The smallest absolute Gasteiger partial charge is 0.0619 e. The van der Waals surface area contributed by atoms with Crippen molar-refractivity contribution in [1.82, 2.24) is 0 Å². The Hall–Kier alpha value is -0.700. The third kappa shape index (κ3) is 3.41. The van der Waals surface area contributed by atoms with Crippen LogP contribution in [-0.2, 0) is 12.8 Å². The maximum absolute atomic E-state index is 2.32. The Labute approximate surface area is 114 Å². The SMILES string of the molecule is CCc1ccccc1P[PH2+]c1ccccc1CC. The van der Waals surface area contributed by atoms with Crippen molar-refractivity contribution in [2.45, 2.75) is 26.7 Å². The molecule has 0 saturated heterocycles. The third-order valence-corrected chi connectivity index (χ3v) is 7.33. The molecule has 2 heteroatoms. The first-order valence-corrected chi connectivity index (χ1v) is 9.99.